The number of aryl methyl sites for hydroxylation is 1. The maximum atomic E-state index is 13.8. The standard InChI is InChI=1S/C25H31FN4O3/c1-14-22(12-20-19-11-17(26)5-6-21(19)29-25(20)32)28-16(3)24(14)15(2)27-18-7-9-30(10-8-18)23(31)13-33-4/h5-6,11-12,15,18,27-28H,7-10,13H2,1-4H3,(H,29,32). The minimum atomic E-state index is -0.371. The van der Waals surface area contributed by atoms with E-state index in [-0.39, 0.29) is 30.3 Å². The third-order valence-electron chi connectivity index (χ3n) is 6.62. The van der Waals surface area contributed by atoms with Gasteiger partial charge in [-0.3, -0.25) is 9.59 Å². The van der Waals surface area contributed by atoms with Crippen molar-refractivity contribution >= 4 is 29.2 Å². The fourth-order valence-corrected chi connectivity index (χ4v) is 4.98. The number of carbonyl (C=O) groups is 2. The van der Waals surface area contributed by atoms with Crippen molar-refractivity contribution in [3.63, 3.8) is 0 Å². The smallest absolute Gasteiger partial charge is 0.256 e. The Labute approximate surface area is 193 Å². The van der Waals surface area contributed by atoms with E-state index in [1.54, 1.807) is 12.1 Å². The van der Waals surface area contributed by atoms with Crippen LogP contribution in [0.25, 0.3) is 11.6 Å². The van der Waals surface area contributed by atoms with Gasteiger partial charge in [0.15, 0.2) is 0 Å². The van der Waals surface area contributed by atoms with Gasteiger partial charge in [-0.1, -0.05) is 0 Å². The van der Waals surface area contributed by atoms with Crippen LogP contribution in [0.15, 0.2) is 18.2 Å². The van der Waals surface area contributed by atoms with Crippen LogP contribution in [0.3, 0.4) is 0 Å². The van der Waals surface area contributed by atoms with Gasteiger partial charge >= 0.3 is 0 Å². The Morgan fingerprint density at radius 1 is 1.33 bits per heavy atom. The number of H-pyrrole nitrogens is 1. The number of halogens is 1. The molecule has 176 valence electrons. The molecule has 33 heavy (non-hydrogen) atoms. The molecule has 1 saturated heterocycles. The summed E-state index contributed by atoms with van der Waals surface area (Å²) in [5, 5.41) is 6.50. The number of carbonyl (C=O) groups excluding carboxylic acids is 2. The first-order valence-electron chi connectivity index (χ1n) is 11.3. The molecule has 1 unspecified atom stereocenters. The average Bonchev–Trinajstić information content (AvgIpc) is 3.23. The number of anilines is 1. The first-order valence-corrected chi connectivity index (χ1v) is 11.3. The third kappa shape index (κ3) is 4.72. The summed E-state index contributed by atoms with van der Waals surface area (Å²) in [6.45, 7) is 7.77. The lowest BCUT2D eigenvalue weighted by Gasteiger charge is -2.34. The van der Waals surface area contributed by atoms with Crippen molar-refractivity contribution in [2.24, 2.45) is 0 Å². The van der Waals surface area contributed by atoms with Crippen molar-refractivity contribution in [1.82, 2.24) is 15.2 Å². The molecule has 4 rings (SSSR count). The summed E-state index contributed by atoms with van der Waals surface area (Å²) in [4.78, 5) is 29.8. The number of amides is 2. The van der Waals surface area contributed by atoms with Gasteiger partial charge in [0.25, 0.3) is 5.91 Å². The van der Waals surface area contributed by atoms with Crippen LogP contribution in [0.4, 0.5) is 10.1 Å². The molecule has 3 heterocycles. The number of aromatic nitrogens is 1. The number of hydrogen-bond donors (Lipinski definition) is 3. The highest BCUT2D eigenvalue weighted by atomic mass is 19.1. The van der Waals surface area contributed by atoms with Gasteiger partial charge in [-0.2, -0.15) is 0 Å². The number of nitrogens with zero attached hydrogens (tertiary/aromatic N) is 1. The van der Waals surface area contributed by atoms with Crippen molar-refractivity contribution in [2.75, 3.05) is 32.1 Å². The van der Waals surface area contributed by atoms with Gasteiger partial charge in [-0.15, -0.1) is 0 Å². The van der Waals surface area contributed by atoms with E-state index < -0.39 is 0 Å². The summed E-state index contributed by atoms with van der Waals surface area (Å²) in [6.07, 6.45) is 3.59. The zero-order chi connectivity index (χ0) is 23.7. The molecular formula is C25H31FN4O3. The topological polar surface area (TPSA) is 86.5 Å². The minimum Gasteiger partial charge on any atom is -0.375 e. The quantitative estimate of drug-likeness (QED) is 0.583. The fourth-order valence-electron chi connectivity index (χ4n) is 4.98. The lowest BCUT2D eigenvalue weighted by Crippen LogP contribution is -2.46. The molecule has 2 aliphatic rings. The number of ether oxygens (including phenoxy) is 1. The van der Waals surface area contributed by atoms with Crippen molar-refractivity contribution < 1.29 is 18.7 Å². The summed E-state index contributed by atoms with van der Waals surface area (Å²) in [7, 11) is 1.54. The van der Waals surface area contributed by atoms with Gasteiger partial charge in [0.1, 0.15) is 12.4 Å². The second kappa shape index (κ2) is 9.49. The summed E-state index contributed by atoms with van der Waals surface area (Å²) in [6, 6.07) is 4.73. The Balaban J connectivity index is 1.49. The normalized spacial score (nSPS) is 18.5. The number of likely N-dealkylation sites (tertiary alicyclic amines) is 1. The molecule has 2 amide bonds. The summed E-state index contributed by atoms with van der Waals surface area (Å²) < 4.78 is 18.7. The van der Waals surface area contributed by atoms with E-state index >= 15 is 0 Å². The minimum absolute atomic E-state index is 0.0383. The van der Waals surface area contributed by atoms with Gasteiger partial charge in [-0.25, -0.2) is 4.39 Å². The van der Waals surface area contributed by atoms with Gasteiger partial charge in [0.2, 0.25) is 5.91 Å². The Hall–Kier alpha value is -2.97. The monoisotopic (exact) mass is 454 g/mol. The first kappa shape index (κ1) is 23.2. The van der Waals surface area contributed by atoms with E-state index in [2.05, 4.69) is 22.5 Å². The Morgan fingerprint density at radius 2 is 2.06 bits per heavy atom. The number of nitrogens with one attached hydrogen (secondary N) is 3. The summed E-state index contributed by atoms with van der Waals surface area (Å²) in [5.41, 5.74) is 5.76. The molecule has 0 spiro atoms. The summed E-state index contributed by atoms with van der Waals surface area (Å²) >= 11 is 0. The maximum absolute atomic E-state index is 13.8. The van der Waals surface area contributed by atoms with Crippen LogP contribution in [0.2, 0.25) is 0 Å². The molecule has 0 aliphatic carbocycles. The molecule has 0 radical (unpaired) electrons. The van der Waals surface area contributed by atoms with Crippen LogP contribution >= 0.6 is 0 Å². The van der Waals surface area contributed by atoms with Crippen LogP contribution < -0.4 is 10.6 Å². The average molecular weight is 455 g/mol. The van der Waals surface area contributed by atoms with E-state index in [4.69, 9.17) is 4.74 Å². The largest absolute Gasteiger partial charge is 0.375 e. The molecule has 0 bridgehead atoms. The van der Waals surface area contributed by atoms with Crippen LogP contribution in [-0.4, -0.2) is 54.5 Å². The van der Waals surface area contributed by atoms with Gasteiger partial charge < -0.3 is 25.3 Å². The number of fused-ring (bicyclic) bond motifs is 1. The van der Waals surface area contributed by atoms with Crippen LogP contribution in [-0.2, 0) is 14.3 Å². The summed E-state index contributed by atoms with van der Waals surface area (Å²) in [5.74, 6) is -0.565. The molecule has 3 N–H and O–H groups in total. The molecule has 0 saturated carbocycles. The number of aromatic amines is 1. The number of hydrogen-bond acceptors (Lipinski definition) is 4. The molecule has 2 aliphatic heterocycles. The van der Waals surface area contributed by atoms with Gasteiger partial charge in [0.05, 0.1) is 5.57 Å². The number of methoxy groups -OCH3 is 1. The zero-order valence-electron chi connectivity index (χ0n) is 19.5. The molecule has 1 aromatic carbocycles. The number of benzene rings is 1. The molecular weight excluding hydrogens is 423 g/mol. The SMILES string of the molecule is COCC(=O)N1CCC(NC(C)c2c(C)[nH]c(C=C3C(=O)Nc4ccc(F)cc43)c2C)CC1. The van der Waals surface area contributed by atoms with Gasteiger partial charge in [0, 0.05) is 54.9 Å². The highest BCUT2D eigenvalue weighted by Crippen LogP contribution is 2.35. The predicted octanol–water partition coefficient (Wildman–Crippen LogP) is 3.55. The Kier molecular flexibility index (Phi) is 6.67. The third-order valence-corrected chi connectivity index (χ3v) is 6.62. The van der Waals surface area contributed by atoms with E-state index in [0.29, 0.717) is 22.9 Å². The predicted molar refractivity (Wildman–Crippen MR) is 126 cm³/mol. The highest BCUT2D eigenvalue weighted by molar-refractivity contribution is 6.34. The molecule has 1 atom stereocenters. The Morgan fingerprint density at radius 3 is 2.76 bits per heavy atom. The van der Waals surface area contributed by atoms with Crippen molar-refractivity contribution in [3.05, 3.63) is 52.1 Å². The first-order chi connectivity index (χ1) is 15.8. The van der Waals surface area contributed by atoms with Gasteiger partial charge in [-0.05, 0) is 69.0 Å². The van der Waals surface area contributed by atoms with Crippen LogP contribution in [0, 0.1) is 19.7 Å². The van der Waals surface area contributed by atoms with Crippen molar-refractivity contribution in [1.29, 1.82) is 0 Å². The van der Waals surface area contributed by atoms with Crippen molar-refractivity contribution in [2.45, 2.75) is 45.7 Å². The maximum Gasteiger partial charge on any atom is 0.256 e. The lowest BCUT2D eigenvalue weighted by molar-refractivity contribution is -0.136. The van der Waals surface area contributed by atoms with E-state index in [1.807, 2.05) is 18.7 Å². The van der Waals surface area contributed by atoms with E-state index in [9.17, 15) is 14.0 Å². The number of rotatable bonds is 6. The molecule has 7 nitrogen and oxygen atoms in total. The van der Waals surface area contributed by atoms with E-state index in [1.165, 1.54) is 19.2 Å². The van der Waals surface area contributed by atoms with Crippen molar-refractivity contribution in [3.8, 4) is 0 Å². The van der Waals surface area contributed by atoms with E-state index in [0.717, 1.165) is 48.4 Å². The Bertz CT molecular complexity index is 1100. The zero-order valence-corrected chi connectivity index (χ0v) is 19.5. The lowest BCUT2D eigenvalue weighted by atomic mass is 9.98. The fraction of sp³-hybridized carbons (Fsp3) is 0.440. The second-order valence-electron chi connectivity index (χ2n) is 8.88. The van der Waals surface area contributed by atoms with Crippen LogP contribution in [0.1, 0.15) is 53.9 Å². The second-order valence-corrected chi connectivity index (χ2v) is 8.88. The molecule has 1 aromatic heterocycles. The molecule has 1 fully saturated rings. The van der Waals surface area contributed by atoms with Crippen LogP contribution in [0.5, 0.6) is 0 Å². The highest BCUT2D eigenvalue weighted by Gasteiger charge is 2.27. The molecule has 2 aromatic rings. The number of piperidine rings is 1. The molecule has 8 heteroatoms.